The maximum atomic E-state index is 2.93. The zero-order valence-corrected chi connectivity index (χ0v) is 12.3. The fourth-order valence-corrected chi connectivity index (χ4v) is 4.67. The molecule has 2 heteroatoms. The quantitative estimate of drug-likeness (QED) is 0.743. The van der Waals surface area contributed by atoms with E-state index in [0.29, 0.717) is 0 Å². The predicted molar refractivity (Wildman–Crippen MR) is 76.8 cm³/mol. The van der Waals surface area contributed by atoms with Gasteiger partial charge in [0.05, 0.1) is 0 Å². The fraction of sp³-hybridized carbons (Fsp3) is 1.00. The van der Waals surface area contributed by atoms with Crippen molar-refractivity contribution in [3.63, 3.8) is 0 Å². The largest absolute Gasteiger partial charge is 0.298 e. The van der Waals surface area contributed by atoms with E-state index in [1.54, 1.807) is 0 Å². The van der Waals surface area contributed by atoms with Crippen LogP contribution in [-0.4, -0.2) is 47.6 Å². The molecule has 3 fully saturated rings. The first kappa shape index (κ1) is 12.9. The van der Waals surface area contributed by atoms with Crippen LogP contribution in [0.5, 0.6) is 0 Å². The molecule has 2 aliphatic heterocycles. The molecule has 3 aliphatic rings. The second kappa shape index (κ2) is 5.50. The third kappa shape index (κ3) is 2.34. The summed E-state index contributed by atoms with van der Waals surface area (Å²) in [5, 5.41) is 0. The number of hydrogen-bond donors (Lipinski definition) is 0. The van der Waals surface area contributed by atoms with Gasteiger partial charge in [-0.25, -0.2) is 0 Å². The summed E-state index contributed by atoms with van der Waals surface area (Å²) in [7, 11) is 0. The molecule has 0 amide bonds. The van der Waals surface area contributed by atoms with E-state index in [2.05, 4.69) is 23.6 Å². The monoisotopic (exact) mass is 250 g/mol. The third-order valence-corrected chi connectivity index (χ3v) is 5.80. The second-order valence-electron chi connectivity index (χ2n) is 6.88. The molecule has 0 bridgehead atoms. The third-order valence-electron chi connectivity index (χ3n) is 5.80. The first-order chi connectivity index (χ1) is 8.79. The van der Waals surface area contributed by atoms with Crippen molar-refractivity contribution in [2.75, 3.05) is 19.6 Å². The molecule has 4 unspecified atom stereocenters. The van der Waals surface area contributed by atoms with Crippen molar-refractivity contribution in [3.8, 4) is 0 Å². The van der Waals surface area contributed by atoms with Gasteiger partial charge in [-0.15, -0.1) is 0 Å². The van der Waals surface area contributed by atoms with Gasteiger partial charge in [0.15, 0.2) is 0 Å². The molecule has 0 spiro atoms. The van der Waals surface area contributed by atoms with Gasteiger partial charge in [0, 0.05) is 31.2 Å². The van der Waals surface area contributed by atoms with Crippen LogP contribution in [0.25, 0.3) is 0 Å². The highest BCUT2D eigenvalue weighted by atomic mass is 15.3. The van der Waals surface area contributed by atoms with Gasteiger partial charge in [-0.1, -0.05) is 26.7 Å². The Morgan fingerprint density at radius 2 is 1.83 bits per heavy atom. The first-order valence-corrected chi connectivity index (χ1v) is 8.29. The van der Waals surface area contributed by atoms with Gasteiger partial charge in [-0.3, -0.25) is 9.80 Å². The van der Waals surface area contributed by atoms with E-state index in [1.807, 2.05) is 0 Å². The summed E-state index contributed by atoms with van der Waals surface area (Å²) in [6.07, 6.45) is 10.1. The van der Waals surface area contributed by atoms with Gasteiger partial charge >= 0.3 is 0 Å². The van der Waals surface area contributed by atoms with Crippen molar-refractivity contribution in [2.24, 2.45) is 5.92 Å². The molecule has 4 atom stereocenters. The van der Waals surface area contributed by atoms with Gasteiger partial charge in [0.25, 0.3) is 0 Å². The minimum atomic E-state index is 0.838. The standard InChI is InChI=1S/C16H30N2/c1-3-14-11-17-10-6-8-15(17)12-18(14)16-9-5-4-7-13(16)2/h13-16H,3-12H2,1-2H3. The molecule has 0 aromatic heterocycles. The average molecular weight is 250 g/mol. The van der Waals surface area contributed by atoms with Crippen LogP contribution in [0.4, 0.5) is 0 Å². The van der Waals surface area contributed by atoms with Crippen LogP contribution in [0, 0.1) is 5.92 Å². The minimum Gasteiger partial charge on any atom is -0.298 e. The Balaban J connectivity index is 1.72. The minimum absolute atomic E-state index is 0.838. The van der Waals surface area contributed by atoms with E-state index in [-0.39, 0.29) is 0 Å². The second-order valence-corrected chi connectivity index (χ2v) is 6.88. The highest BCUT2D eigenvalue weighted by Crippen LogP contribution is 2.34. The Hall–Kier alpha value is -0.0800. The SMILES string of the molecule is CCC1CN2CCCC2CN1C1CCCCC1C. The first-order valence-electron chi connectivity index (χ1n) is 8.29. The lowest BCUT2D eigenvalue weighted by Gasteiger charge is -2.50. The van der Waals surface area contributed by atoms with Crippen molar-refractivity contribution in [3.05, 3.63) is 0 Å². The Kier molecular flexibility index (Phi) is 3.95. The van der Waals surface area contributed by atoms with Crippen molar-refractivity contribution < 1.29 is 0 Å². The molecule has 1 aliphatic carbocycles. The lowest BCUT2D eigenvalue weighted by Crippen LogP contribution is -2.60. The van der Waals surface area contributed by atoms with E-state index in [4.69, 9.17) is 0 Å². The molecule has 18 heavy (non-hydrogen) atoms. The molecule has 0 radical (unpaired) electrons. The lowest BCUT2D eigenvalue weighted by molar-refractivity contribution is -0.00986. The number of piperazine rings is 1. The zero-order chi connectivity index (χ0) is 12.5. The van der Waals surface area contributed by atoms with Crippen LogP contribution in [-0.2, 0) is 0 Å². The predicted octanol–water partition coefficient (Wildman–Crippen LogP) is 3.12. The highest BCUT2D eigenvalue weighted by molar-refractivity contribution is 4.95. The van der Waals surface area contributed by atoms with E-state index in [0.717, 1.165) is 24.0 Å². The molecular formula is C16H30N2. The number of nitrogens with zero attached hydrogens (tertiary/aromatic N) is 2. The molecule has 2 heterocycles. The van der Waals surface area contributed by atoms with E-state index in [9.17, 15) is 0 Å². The van der Waals surface area contributed by atoms with Crippen molar-refractivity contribution in [1.29, 1.82) is 0 Å². The smallest absolute Gasteiger partial charge is 0.0224 e. The zero-order valence-electron chi connectivity index (χ0n) is 12.3. The number of fused-ring (bicyclic) bond motifs is 1. The molecule has 0 aromatic rings. The van der Waals surface area contributed by atoms with Crippen LogP contribution in [0.1, 0.15) is 58.8 Å². The van der Waals surface area contributed by atoms with Crippen LogP contribution < -0.4 is 0 Å². The Morgan fingerprint density at radius 1 is 1.00 bits per heavy atom. The van der Waals surface area contributed by atoms with Gasteiger partial charge in [-0.05, 0) is 44.6 Å². The lowest BCUT2D eigenvalue weighted by atomic mass is 9.83. The van der Waals surface area contributed by atoms with Crippen molar-refractivity contribution in [2.45, 2.75) is 76.9 Å². The van der Waals surface area contributed by atoms with Gasteiger partial charge < -0.3 is 0 Å². The Labute approximate surface area is 113 Å². The fourth-order valence-electron chi connectivity index (χ4n) is 4.67. The van der Waals surface area contributed by atoms with Crippen LogP contribution in [0.3, 0.4) is 0 Å². The highest BCUT2D eigenvalue weighted by Gasteiger charge is 2.40. The Bertz CT molecular complexity index is 278. The normalized spacial score (nSPS) is 43.0. The summed E-state index contributed by atoms with van der Waals surface area (Å²) >= 11 is 0. The number of rotatable bonds is 2. The summed E-state index contributed by atoms with van der Waals surface area (Å²) in [6.45, 7) is 8.98. The molecule has 2 saturated heterocycles. The summed E-state index contributed by atoms with van der Waals surface area (Å²) in [5.41, 5.74) is 0. The van der Waals surface area contributed by atoms with Crippen molar-refractivity contribution >= 4 is 0 Å². The van der Waals surface area contributed by atoms with Crippen LogP contribution >= 0.6 is 0 Å². The Morgan fingerprint density at radius 3 is 2.61 bits per heavy atom. The molecule has 0 N–H and O–H groups in total. The summed E-state index contributed by atoms with van der Waals surface area (Å²) in [5.74, 6) is 0.931. The molecule has 2 nitrogen and oxygen atoms in total. The summed E-state index contributed by atoms with van der Waals surface area (Å²) < 4.78 is 0. The van der Waals surface area contributed by atoms with Gasteiger partial charge in [-0.2, -0.15) is 0 Å². The molecule has 3 rings (SSSR count). The topological polar surface area (TPSA) is 6.48 Å². The van der Waals surface area contributed by atoms with Crippen LogP contribution in [0.2, 0.25) is 0 Å². The van der Waals surface area contributed by atoms with E-state index in [1.165, 1.54) is 64.6 Å². The maximum Gasteiger partial charge on any atom is 0.0224 e. The van der Waals surface area contributed by atoms with Crippen molar-refractivity contribution in [1.82, 2.24) is 9.80 Å². The molecular weight excluding hydrogens is 220 g/mol. The summed E-state index contributed by atoms with van der Waals surface area (Å²) in [4.78, 5) is 5.70. The molecule has 104 valence electrons. The maximum absolute atomic E-state index is 2.93. The van der Waals surface area contributed by atoms with E-state index < -0.39 is 0 Å². The molecule has 1 saturated carbocycles. The number of hydrogen-bond acceptors (Lipinski definition) is 2. The van der Waals surface area contributed by atoms with Crippen LogP contribution in [0.15, 0.2) is 0 Å². The van der Waals surface area contributed by atoms with Gasteiger partial charge in [0.1, 0.15) is 0 Å². The molecule has 0 aromatic carbocycles. The van der Waals surface area contributed by atoms with E-state index >= 15 is 0 Å². The average Bonchev–Trinajstić information content (AvgIpc) is 2.85. The van der Waals surface area contributed by atoms with Gasteiger partial charge in [0.2, 0.25) is 0 Å². The summed E-state index contributed by atoms with van der Waals surface area (Å²) in [6, 6.07) is 2.62.